The lowest BCUT2D eigenvalue weighted by Gasteiger charge is -2.34. The van der Waals surface area contributed by atoms with Crippen LogP contribution in [0.15, 0.2) is 24.3 Å². The minimum absolute atomic E-state index is 0.0203. The molecule has 0 saturated carbocycles. The molecule has 7 heteroatoms. The van der Waals surface area contributed by atoms with Gasteiger partial charge in [0.2, 0.25) is 0 Å². The van der Waals surface area contributed by atoms with E-state index in [0.29, 0.717) is 13.2 Å². The maximum absolute atomic E-state index is 13.0. The number of halogens is 1. The molecule has 1 saturated heterocycles. The summed E-state index contributed by atoms with van der Waals surface area (Å²) in [4.78, 5) is 2.25. The van der Waals surface area contributed by atoms with E-state index in [1.807, 2.05) is 12.1 Å². The van der Waals surface area contributed by atoms with Gasteiger partial charge in [-0.25, -0.2) is 4.39 Å². The van der Waals surface area contributed by atoms with Crippen LogP contribution < -0.4 is 10.6 Å². The molecule has 1 aromatic rings. The predicted molar refractivity (Wildman–Crippen MR) is 87.0 cm³/mol. The van der Waals surface area contributed by atoms with Gasteiger partial charge in [-0.05, 0) is 24.7 Å². The first-order valence-corrected chi connectivity index (χ1v) is 7.94. The molecule has 1 aliphatic rings. The van der Waals surface area contributed by atoms with Crippen LogP contribution >= 0.6 is 0 Å². The SMILES string of the molecule is CNC(NCC1CN(Cc2ccc(F)cc2)CCO1)C(C#N)C#N. The van der Waals surface area contributed by atoms with Crippen LogP contribution in [0, 0.1) is 34.4 Å². The molecule has 0 aromatic heterocycles. The lowest BCUT2D eigenvalue weighted by Crippen LogP contribution is -2.52. The Balaban J connectivity index is 1.83. The number of rotatable bonds is 7. The maximum Gasteiger partial charge on any atom is 0.161 e. The van der Waals surface area contributed by atoms with Crippen molar-refractivity contribution in [2.75, 3.05) is 33.3 Å². The largest absolute Gasteiger partial charge is 0.374 e. The Bertz CT molecular complexity index is 580. The van der Waals surface area contributed by atoms with Gasteiger partial charge in [0.05, 0.1) is 31.0 Å². The Morgan fingerprint density at radius 3 is 2.67 bits per heavy atom. The monoisotopic (exact) mass is 331 g/mol. The number of hydrogen-bond acceptors (Lipinski definition) is 6. The molecule has 0 amide bonds. The molecule has 6 nitrogen and oxygen atoms in total. The summed E-state index contributed by atoms with van der Waals surface area (Å²) in [6.07, 6.45) is -0.413. The maximum atomic E-state index is 13.0. The molecule has 0 radical (unpaired) electrons. The molecule has 1 aromatic carbocycles. The minimum Gasteiger partial charge on any atom is -0.374 e. The highest BCUT2D eigenvalue weighted by atomic mass is 19.1. The number of nitriles is 2. The third-order valence-corrected chi connectivity index (χ3v) is 4.03. The van der Waals surface area contributed by atoms with Crippen molar-refractivity contribution in [3.05, 3.63) is 35.6 Å². The van der Waals surface area contributed by atoms with Crippen molar-refractivity contribution in [3.63, 3.8) is 0 Å². The van der Waals surface area contributed by atoms with Gasteiger partial charge in [-0.3, -0.25) is 10.2 Å². The number of benzene rings is 1. The van der Waals surface area contributed by atoms with Gasteiger partial charge in [-0.2, -0.15) is 10.5 Å². The Morgan fingerprint density at radius 2 is 2.04 bits per heavy atom. The summed E-state index contributed by atoms with van der Waals surface area (Å²) >= 11 is 0. The molecule has 2 unspecified atom stereocenters. The van der Waals surface area contributed by atoms with Crippen LogP contribution in [0.5, 0.6) is 0 Å². The number of nitrogens with one attached hydrogen (secondary N) is 2. The van der Waals surface area contributed by atoms with Gasteiger partial charge in [-0.1, -0.05) is 12.1 Å². The number of hydrogen-bond donors (Lipinski definition) is 2. The second kappa shape index (κ2) is 9.31. The van der Waals surface area contributed by atoms with Crippen molar-refractivity contribution in [1.82, 2.24) is 15.5 Å². The van der Waals surface area contributed by atoms with Gasteiger partial charge in [0.15, 0.2) is 5.92 Å². The van der Waals surface area contributed by atoms with Crippen LogP contribution in [0.2, 0.25) is 0 Å². The van der Waals surface area contributed by atoms with E-state index < -0.39 is 12.1 Å². The van der Waals surface area contributed by atoms with Crippen LogP contribution in [0.4, 0.5) is 4.39 Å². The lowest BCUT2D eigenvalue weighted by atomic mass is 10.1. The molecule has 2 N–H and O–H groups in total. The van der Waals surface area contributed by atoms with Crippen molar-refractivity contribution in [2.24, 2.45) is 5.92 Å². The highest BCUT2D eigenvalue weighted by Gasteiger charge is 2.24. The summed E-state index contributed by atoms with van der Waals surface area (Å²) in [5, 5.41) is 24.1. The number of morpholine rings is 1. The first-order valence-electron chi connectivity index (χ1n) is 7.94. The molecule has 0 aliphatic carbocycles. The van der Waals surface area contributed by atoms with Crippen molar-refractivity contribution in [3.8, 4) is 12.1 Å². The summed E-state index contributed by atoms with van der Waals surface area (Å²) < 4.78 is 18.7. The summed E-state index contributed by atoms with van der Waals surface area (Å²) in [7, 11) is 1.71. The van der Waals surface area contributed by atoms with Crippen molar-refractivity contribution < 1.29 is 9.13 Å². The Morgan fingerprint density at radius 1 is 1.33 bits per heavy atom. The fourth-order valence-corrected chi connectivity index (χ4v) is 2.72. The molecule has 2 atom stereocenters. The van der Waals surface area contributed by atoms with Crippen LogP contribution in [-0.4, -0.2) is 50.5 Å². The number of nitrogens with zero attached hydrogens (tertiary/aromatic N) is 3. The van der Waals surface area contributed by atoms with E-state index in [4.69, 9.17) is 15.3 Å². The first-order chi connectivity index (χ1) is 11.7. The van der Waals surface area contributed by atoms with E-state index >= 15 is 0 Å². The second-order valence-corrected chi connectivity index (χ2v) is 5.76. The van der Waals surface area contributed by atoms with Gasteiger partial charge in [-0.15, -0.1) is 0 Å². The Hall–Kier alpha value is -2.03. The number of ether oxygens (including phenoxy) is 1. The average Bonchev–Trinajstić information content (AvgIpc) is 2.61. The quantitative estimate of drug-likeness (QED) is 0.720. The van der Waals surface area contributed by atoms with Crippen LogP contribution in [0.25, 0.3) is 0 Å². The normalized spacial score (nSPS) is 19.6. The minimum atomic E-state index is -0.756. The van der Waals surface area contributed by atoms with E-state index in [-0.39, 0.29) is 11.9 Å². The molecule has 0 bridgehead atoms. The van der Waals surface area contributed by atoms with Gasteiger partial charge in [0.25, 0.3) is 0 Å². The van der Waals surface area contributed by atoms with Crippen LogP contribution in [-0.2, 0) is 11.3 Å². The molecular formula is C17H22FN5O. The average molecular weight is 331 g/mol. The zero-order chi connectivity index (χ0) is 17.4. The fourth-order valence-electron chi connectivity index (χ4n) is 2.72. The molecule has 1 heterocycles. The molecule has 2 rings (SSSR count). The third-order valence-electron chi connectivity index (χ3n) is 4.03. The van der Waals surface area contributed by atoms with Gasteiger partial charge in [0.1, 0.15) is 5.82 Å². The fraction of sp³-hybridized carbons (Fsp3) is 0.529. The third kappa shape index (κ3) is 5.26. The Labute approximate surface area is 141 Å². The van der Waals surface area contributed by atoms with Gasteiger partial charge < -0.3 is 10.1 Å². The first kappa shape index (κ1) is 18.3. The topological polar surface area (TPSA) is 84.1 Å². The molecule has 1 aliphatic heterocycles. The smallest absolute Gasteiger partial charge is 0.161 e. The zero-order valence-electron chi connectivity index (χ0n) is 13.7. The molecule has 0 spiro atoms. The van der Waals surface area contributed by atoms with E-state index in [1.54, 1.807) is 19.2 Å². The summed E-state index contributed by atoms with van der Waals surface area (Å²) in [6, 6.07) is 10.5. The van der Waals surface area contributed by atoms with Crippen molar-refractivity contribution in [2.45, 2.75) is 18.8 Å². The zero-order valence-corrected chi connectivity index (χ0v) is 13.7. The highest BCUT2D eigenvalue weighted by Crippen LogP contribution is 2.11. The van der Waals surface area contributed by atoms with E-state index in [9.17, 15) is 4.39 Å². The molecular weight excluding hydrogens is 309 g/mol. The molecule has 24 heavy (non-hydrogen) atoms. The van der Waals surface area contributed by atoms with Crippen LogP contribution in [0.1, 0.15) is 5.56 Å². The van der Waals surface area contributed by atoms with E-state index in [2.05, 4.69) is 15.5 Å². The van der Waals surface area contributed by atoms with Crippen molar-refractivity contribution in [1.29, 1.82) is 10.5 Å². The van der Waals surface area contributed by atoms with Gasteiger partial charge in [0, 0.05) is 26.2 Å². The predicted octanol–water partition coefficient (Wildman–Crippen LogP) is 0.825. The highest BCUT2D eigenvalue weighted by molar-refractivity contribution is 5.16. The van der Waals surface area contributed by atoms with E-state index in [1.165, 1.54) is 12.1 Å². The standard InChI is InChI=1S/C17H22FN5O/c1-21-17(14(8-19)9-20)22-10-16-12-23(6-7-24-16)11-13-2-4-15(18)5-3-13/h2-5,14,16-17,21-22H,6-7,10-12H2,1H3. The molecule has 1 fully saturated rings. The Kier molecular flexibility index (Phi) is 7.10. The molecule has 128 valence electrons. The summed E-state index contributed by atoms with van der Waals surface area (Å²) in [6.45, 7) is 3.48. The van der Waals surface area contributed by atoms with Crippen molar-refractivity contribution >= 4 is 0 Å². The van der Waals surface area contributed by atoms with Gasteiger partial charge >= 0.3 is 0 Å². The lowest BCUT2D eigenvalue weighted by molar-refractivity contribution is -0.0315. The summed E-state index contributed by atoms with van der Waals surface area (Å²) in [5.74, 6) is -0.987. The second-order valence-electron chi connectivity index (χ2n) is 5.76. The van der Waals surface area contributed by atoms with E-state index in [0.717, 1.165) is 25.2 Å². The van der Waals surface area contributed by atoms with Crippen LogP contribution in [0.3, 0.4) is 0 Å². The summed E-state index contributed by atoms with van der Waals surface area (Å²) in [5.41, 5.74) is 1.06.